The van der Waals surface area contributed by atoms with Crippen LogP contribution < -0.4 is 9.62 Å². The van der Waals surface area contributed by atoms with Crippen LogP contribution in [0.1, 0.15) is 55.7 Å². The van der Waals surface area contributed by atoms with Gasteiger partial charge in [-0.25, -0.2) is 8.42 Å². The number of carbonyl (C=O) groups is 2. The Morgan fingerprint density at radius 3 is 2.34 bits per heavy atom. The van der Waals surface area contributed by atoms with E-state index in [0.717, 1.165) is 52.9 Å². The zero-order chi connectivity index (χ0) is 25.6. The van der Waals surface area contributed by atoms with E-state index in [9.17, 15) is 18.0 Å². The highest BCUT2D eigenvalue weighted by atomic mass is 32.2. The molecule has 3 rings (SSSR count). The Balaban J connectivity index is 1.93. The van der Waals surface area contributed by atoms with Gasteiger partial charge in [-0.05, 0) is 61.9 Å². The average Bonchev–Trinajstić information content (AvgIpc) is 3.30. The number of anilines is 1. The number of nitrogens with one attached hydrogen (secondary N) is 1. The SMILES string of the molecule is CC[C@@H](C(=O)NC1CCCC1)N(Cc1ccccc1C)C(=O)CN(c1cccc(C)c1)S(C)(=O)=O. The molecule has 0 aliphatic heterocycles. The van der Waals surface area contributed by atoms with Crippen LogP contribution in [0.15, 0.2) is 48.5 Å². The third kappa shape index (κ3) is 7.07. The first-order chi connectivity index (χ1) is 16.6. The number of rotatable bonds is 10. The summed E-state index contributed by atoms with van der Waals surface area (Å²) < 4.78 is 26.5. The molecule has 1 N–H and O–H groups in total. The number of benzene rings is 2. The van der Waals surface area contributed by atoms with E-state index < -0.39 is 22.0 Å². The quantitative estimate of drug-likeness (QED) is 0.537. The van der Waals surface area contributed by atoms with Gasteiger partial charge in [0.15, 0.2) is 0 Å². The summed E-state index contributed by atoms with van der Waals surface area (Å²) in [4.78, 5) is 28.6. The van der Waals surface area contributed by atoms with Crippen molar-refractivity contribution in [3.63, 3.8) is 0 Å². The van der Waals surface area contributed by atoms with Crippen LogP contribution in [-0.4, -0.2) is 50.0 Å². The lowest BCUT2D eigenvalue weighted by molar-refractivity contribution is -0.140. The molecule has 8 heteroatoms. The third-order valence-corrected chi connectivity index (χ3v) is 7.80. The number of hydrogen-bond donors (Lipinski definition) is 1. The number of aryl methyl sites for hydroxylation is 2. The van der Waals surface area contributed by atoms with Crippen molar-refractivity contribution in [1.82, 2.24) is 10.2 Å². The van der Waals surface area contributed by atoms with Gasteiger partial charge >= 0.3 is 0 Å². The average molecular weight is 500 g/mol. The molecule has 1 fully saturated rings. The first-order valence-corrected chi connectivity index (χ1v) is 14.1. The number of nitrogens with zero attached hydrogens (tertiary/aromatic N) is 2. The van der Waals surface area contributed by atoms with Gasteiger partial charge in [0.25, 0.3) is 0 Å². The molecule has 0 bridgehead atoms. The largest absolute Gasteiger partial charge is 0.352 e. The van der Waals surface area contributed by atoms with Crippen LogP contribution in [0.25, 0.3) is 0 Å². The molecule has 2 aromatic rings. The molecular formula is C27H37N3O4S. The minimum absolute atomic E-state index is 0.131. The van der Waals surface area contributed by atoms with Gasteiger partial charge in [0.2, 0.25) is 21.8 Å². The van der Waals surface area contributed by atoms with Gasteiger partial charge in [-0.2, -0.15) is 0 Å². The minimum atomic E-state index is -3.73. The minimum Gasteiger partial charge on any atom is -0.352 e. The molecule has 0 heterocycles. The van der Waals surface area contributed by atoms with Crippen molar-refractivity contribution >= 4 is 27.5 Å². The molecule has 0 spiro atoms. The Morgan fingerprint density at radius 2 is 1.74 bits per heavy atom. The first-order valence-electron chi connectivity index (χ1n) is 12.3. The molecule has 2 aromatic carbocycles. The highest BCUT2D eigenvalue weighted by Gasteiger charge is 2.33. The van der Waals surface area contributed by atoms with Crippen LogP contribution in [0, 0.1) is 13.8 Å². The second-order valence-electron chi connectivity index (χ2n) is 9.47. The third-order valence-electron chi connectivity index (χ3n) is 6.66. The van der Waals surface area contributed by atoms with E-state index in [-0.39, 0.29) is 25.0 Å². The van der Waals surface area contributed by atoms with Crippen LogP contribution in [0.5, 0.6) is 0 Å². The predicted octanol–water partition coefficient (Wildman–Crippen LogP) is 3.94. The maximum absolute atomic E-state index is 13.8. The van der Waals surface area contributed by atoms with Gasteiger partial charge in [-0.3, -0.25) is 13.9 Å². The molecular weight excluding hydrogens is 462 g/mol. The predicted molar refractivity (Wildman–Crippen MR) is 140 cm³/mol. The molecule has 0 aromatic heterocycles. The molecule has 190 valence electrons. The van der Waals surface area contributed by atoms with Gasteiger partial charge in [-0.15, -0.1) is 0 Å². The van der Waals surface area contributed by atoms with Crippen molar-refractivity contribution in [1.29, 1.82) is 0 Å². The monoisotopic (exact) mass is 499 g/mol. The highest BCUT2D eigenvalue weighted by molar-refractivity contribution is 7.92. The van der Waals surface area contributed by atoms with E-state index in [2.05, 4.69) is 5.32 Å². The lowest BCUT2D eigenvalue weighted by Gasteiger charge is -2.33. The number of sulfonamides is 1. The van der Waals surface area contributed by atoms with Gasteiger partial charge in [-0.1, -0.05) is 56.2 Å². The highest BCUT2D eigenvalue weighted by Crippen LogP contribution is 2.22. The Morgan fingerprint density at radius 1 is 1.06 bits per heavy atom. The summed E-state index contributed by atoms with van der Waals surface area (Å²) in [5.74, 6) is -0.587. The van der Waals surface area contributed by atoms with Crippen LogP contribution >= 0.6 is 0 Å². The van der Waals surface area contributed by atoms with Gasteiger partial charge < -0.3 is 10.2 Å². The molecule has 0 radical (unpaired) electrons. The lowest BCUT2D eigenvalue weighted by Crippen LogP contribution is -2.53. The fraction of sp³-hybridized carbons (Fsp3) is 0.481. The topological polar surface area (TPSA) is 86.8 Å². The number of hydrogen-bond acceptors (Lipinski definition) is 4. The van der Waals surface area contributed by atoms with E-state index in [1.807, 2.05) is 51.1 Å². The molecule has 1 aliphatic rings. The Hall–Kier alpha value is -2.87. The normalized spacial score (nSPS) is 15.0. The van der Waals surface area contributed by atoms with Crippen LogP contribution in [0.2, 0.25) is 0 Å². The zero-order valence-electron chi connectivity index (χ0n) is 21.2. The van der Waals surface area contributed by atoms with E-state index in [1.54, 1.807) is 23.1 Å². The van der Waals surface area contributed by atoms with E-state index in [1.165, 1.54) is 0 Å². The Kier molecular flexibility index (Phi) is 8.94. The lowest BCUT2D eigenvalue weighted by atomic mass is 10.1. The summed E-state index contributed by atoms with van der Waals surface area (Å²) in [6.07, 6.45) is 5.60. The van der Waals surface area contributed by atoms with Crippen LogP contribution in [0.3, 0.4) is 0 Å². The second-order valence-corrected chi connectivity index (χ2v) is 11.4. The van der Waals surface area contributed by atoms with Gasteiger partial charge in [0, 0.05) is 12.6 Å². The number of amides is 2. The summed E-state index contributed by atoms with van der Waals surface area (Å²) in [5, 5.41) is 3.12. The summed E-state index contributed by atoms with van der Waals surface area (Å²) >= 11 is 0. The second kappa shape index (κ2) is 11.7. The van der Waals surface area contributed by atoms with E-state index in [0.29, 0.717) is 12.1 Å². The zero-order valence-corrected chi connectivity index (χ0v) is 22.0. The Bertz CT molecular complexity index is 1140. The van der Waals surface area contributed by atoms with Crippen molar-refractivity contribution < 1.29 is 18.0 Å². The fourth-order valence-corrected chi connectivity index (χ4v) is 5.50. The molecule has 2 amide bonds. The smallest absolute Gasteiger partial charge is 0.244 e. The molecule has 0 unspecified atom stereocenters. The standard InChI is InChI=1S/C27H37N3O4S/c1-5-25(27(32)28-23-14-8-9-15-23)29(18-22-13-7-6-12-21(22)3)26(31)19-30(35(4,33)34)24-16-10-11-20(2)17-24/h6-7,10-13,16-17,23,25H,5,8-9,14-15,18-19H2,1-4H3,(H,28,32)/t25-/m0/s1. The maximum Gasteiger partial charge on any atom is 0.244 e. The molecule has 35 heavy (non-hydrogen) atoms. The van der Waals surface area contributed by atoms with Crippen LogP contribution in [0.4, 0.5) is 5.69 Å². The van der Waals surface area contributed by atoms with Crippen molar-refractivity contribution in [2.75, 3.05) is 17.1 Å². The fourth-order valence-electron chi connectivity index (χ4n) is 4.65. The van der Waals surface area contributed by atoms with Crippen molar-refractivity contribution in [2.24, 2.45) is 0 Å². The molecule has 7 nitrogen and oxygen atoms in total. The van der Waals surface area contributed by atoms with E-state index >= 15 is 0 Å². The summed E-state index contributed by atoms with van der Waals surface area (Å²) in [6.45, 7) is 5.57. The molecule has 1 saturated carbocycles. The summed E-state index contributed by atoms with van der Waals surface area (Å²) in [7, 11) is -3.73. The summed E-state index contributed by atoms with van der Waals surface area (Å²) in [5.41, 5.74) is 3.26. The first kappa shape index (κ1) is 26.7. The van der Waals surface area contributed by atoms with Crippen molar-refractivity contribution in [3.05, 3.63) is 65.2 Å². The molecule has 0 saturated heterocycles. The van der Waals surface area contributed by atoms with Crippen LogP contribution in [-0.2, 0) is 26.2 Å². The van der Waals surface area contributed by atoms with Gasteiger partial charge in [0.05, 0.1) is 11.9 Å². The van der Waals surface area contributed by atoms with Crippen molar-refractivity contribution in [3.8, 4) is 0 Å². The molecule has 1 aliphatic carbocycles. The van der Waals surface area contributed by atoms with Crippen molar-refractivity contribution in [2.45, 2.75) is 71.5 Å². The Labute approximate surface area is 209 Å². The van der Waals surface area contributed by atoms with Gasteiger partial charge in [0.1, 0.15) is 12.6 Å². The number of carbonyl (C=O) groups excluding carboxylic acids is 2. The summed E-state index contributed by atoms with van der Waals surface area (Å²) in [6, 6.07) is 14.2. The maximum atomic E-state index is 13.8. The molecule has 1 atom stereocenters. The van der Waals surface area contributed by atoms with E-state index in [4.69, 9.17) is 0 Å².